The Morgan fingerprint density at radius 3 is 2.29 bits per heavy atom. The standard InChI is InChI=1S/C11H13F3N2O/c1-7(10(15)17)16-6-8-2-4-9(5-3-8)11(12,13)14/h2-5,7,16H,6H2,1H3,(H2,15,17)/t7-/m0/s1. The van der Waals surface area contributed by atoms with E-state index in [0.717, 1.165) is 12.1 Å². The minimum absolute atomic E-state index is 0.294. The van der Waals surface area contributed by atoms with Crippen molar-refractivity contribution in [3.8, 4) is 0 Å². The van der Waals surface area contributed by atoms with Gasteiger partial charge in [-0.25, -0.2) is 0 Å². The van der Waals surface area contributed by atoms with E-state index in [1.54, 1.807) is 6.92 Å². The first-order valence-corrected chi connectivity index (χ1v) is 4.99. The van der Waals surface area contributed by atoms with E-state index in [4.69, 9.17) is 5.73 Å². The maximum Gasteiger partial charge on any atom is 0.416 e. The van der Waals surface area contributed by atoms with Crippen molar-refractivity contribution in [1.82, 2.24) is 5.32 Å². The lowest BCUT2D eigenvalue weighted by molar-refractivity contribution is -0.137. The molecule has 1 aromatic carbocycles. The molecule has 1 atom stereocenters. The number of nitrogens with one attached hydrogen (secondary N) is 1. The van der Waals surface area contributed by atoms with Crippen molar-refractivity contribution in [2.75, 3.05) is 0 Å². The van der Waals surface area contributed by atoms with Crippen molar-refractivity contribution in [2.45, 2.75) is 25.7 Å². The third-order valence-corrected chi connectivity index (χ3v) is 2.32. The van der Waals surface area contributed by atoms with Gasteiger partial charge in [0.2, 0.25) is 5.91 Å². The van der Waals surface area contributed by atoms with Crippen molar-refractivity contribution in [3.63, 3.8) is 0 Å². The summed E-state index contributed by atoms with van der Waals surface area (Å²) in [5.41, 5.74) is 5.00. The van der Waals surface area contributed by atoms with Crippen LogP contribution in [0.4, 0.5) is 13.2 Å². The fourth-order valence-corrected chi connectivity index (χ4v) is 1.18. The van der Waals surface area contributed by atoms with Crippen LogP contribution in [-0.4, -0.2) is 11.9 Å². The Morgan fingerprint density at radius 2 is 1.88 bits per heavy atom. The summed E-state index contributed by atoms with van der Waals surface area (Å²) in [5.74, 6) is -0.503. The predicted octanol–water partition coefficient (Wildman–Crippen LogP) is 1.67. The number of hydrogen-bond donors (Lipinski definition) is 2. The molecule has 1 amide bonds. The average Bonchev–Trinajstić information content (AvgIpc) is 2.25. The Labute approximate surface area is 96.8 Å². The largest absolute Gasteiger partial charge is 0.416 e. The number of hydrogen-bond acceptors (Lipinski definition) is 2. The van der Waals surface area contributed by atoms with Gasteiger partial charge in [0, 0.05) is 6.54 Å². The van der Waals surface area contributed by atoms with Crippen molar-refractivity contribution in [1.29, 1.82) is 0 Å². The van der Waals surface area contributed by atoms with Gasteiger partial charge in [0.25, 0.3) is 0 Å². The average molecular weight is 246 g/mol. The van der Waals surface area contributed by atoms with Gasteiger partial charge in [0.05, 0.1) is 11.6 Å². The molecule has 0 radical (unpaired) electrons. The summed E-state index contributed by atoms with van der Waals surface area (Å²) in [7, 11) is 0. The van der Waals surface area contributed by atoms with E-state index in [1.165, 1.54) is 12.1 Å². The van der Waals surface area contributed by atoms with Crippen LogP contribution >= 0.6 is 0 Å². The van der Waals surface area contributed by atoms with Crippen LogP contribution in [0.25, 0.3) is 0 Å². The van der Waals surface area contributed by atoms with Gasteiger partial charge < -0.3 is 11.1 Å². The van der Waals surface area contributed by atoms with Crippen LogP contribution < -0.4 is 11.1 Å². The monoisotopic (exact) mass is 246 g/mol. The molecule has 6 heteroatoms. The zero-order valence-corrected chi connectivity index (χ0v) is 9.21. The van der Waals surface area contributed by atoms with Gasteiger partial charge in [0.1, 0.15) is 0 Å². The minimum Gasteiger partial charge on any atom is -0.368 e. The number of halogens is 3. The van der Waals surface area contributed by atoms with Gasteiger partial charge in [0.15, 0.2) is 0 Å². The minimum atomic E-state index is -4.33. The Bertz CT molecular complexity index is 387. The van der Waals surface area contributed by atoms with Crippen molar-refractivity contribution in [3.05, 3.63) is 35.4 Å². The third kappa shape index (κ3) is 4.07. The number of rotatable bonds is 4. The van der Waals surface area contributed by atoms with E-state index in [2.05, 4.69) is 5.32 Å². The highest BCUT2D eigenvalue weighted by molar-refractivity contribution is 5.79. The van der Waals surface area contributed by atoms with Crippen LogP contribution in [0.5, 0.6) is 0 Å². The zero-order chi connectivity index (χ0) is 13.1. The lowest BCUT2D eigenvalue weighted by Gasteiger charge is -2.11. The lowest BCUT2D eigenvalue weighted by Crippen LogP contribution is -2.38. The second-order valence-electron chi connectivity index (χ2n) is 3.70. The summed E-state index contributed by atoms with van der Waals surface area (Å²) in [6.07, 6.45) is -4.33. The molecule has 0 heterocycles. The molecular weight excluding hydrogens is 233 g/mol. The normalized spacial score (nSPS) is 13.4. The number of primary amides is 1. The quantitative estimate of drug-likeness (QED) is 0.849. The first kappa shape index (κ1) is 13.5. The molecule has 0 bridgehead atoms. The van der Waals surface area contributed by atoms with E-state index in [-0.39, 0.29) is 0 Å². The zero-order valence-electron chi connectivity index (χ0n) is 9.21. The highest BCUT2D eigenvalue weighted by atomic mass is 19.4. The van der Waals surface area contributed by atoms with Gasteiger partial charge in [-0.1, -0.05) is 12.1 Å². The van der Waals surface area contributed by atoms with Gasteiger partial charge in [-0.05, 0) is 24.6 Å². The summed E-state index contributed by atoms with van der Waals surface area (Å²) in [6.45, 7) is 1.88. The number of carbonyl (C=O) groups is 1. The SMILES string of the molecule is C[C@H](NCc1ccc(C(F)(F)F)cc1)C(N)=O. The first-order valence-electron chi connectivity index (χ1n) is 4.99. The van der Waals surface area contributed by atoms with Crippen LogP contribution in [0, 0.1) is 0 Å². The Kier molecular flexibility index (Phi) is 4.11. The fourth-order valence-electron chi connectivity index (χ4n) is 1.18. The summed E-state index contributed by atoms with van der Waals surface area (Å²) in [6, 6.07) is 4.22. The lowest BCUT2D eigenvalue weighted by atomic mass is 10.1. The molecule has 0 fully saturated rings. The van der Waals surface area contributed by atoms with Crippen LogP contribution in [-0.2, 0) is 17.5 Å². The molecule has 0 unspecified atom stereocenters. The van der Waals surface area contributed by atoms with Crippen LogP contribution in [0.15, 0.2) is 24.3 Å². The number of nitrogens with two attached hydrogens (primary N) is 1. The molecule has 0 aliphatic heterocycles. The van der Waals surface area contributed by atoms with Gasteiger partial charge >= 0.3 is 6.18 Å². The molecule has 0 aliphatic carbocycles. The second-order valence-corrected chi connectivity index (χ2v) is 3.70. The molecule has 1 aromatic rings. The Morgan fingerprint density at radius 1 is 1.35 bits per heavy atom. The van der Waals surface area contributed by atoms with Gasteiger partial charge in [-0.15, -0.1) is 0 Å². The molecule has 94 valence electrons. The molecular formula is C11H13F3N2O. The van der Waals surface area contributed by atoms with E-state index in [0.29, 0.717) is 12.1 Å². The van der Waals surface area contributed by atoms with Crippen molar-refractivity contribution >= 4 is 5.91 Å². The highest BCUT2D eigenvalue weighted by Gasteiger charge is 2.29. The fraction of sp³-hybridized carbons (Fsp3) is 0.364. The topological polar surface area (TPSA) is 55.1 Å². The van der Waals surface area contributed by atoms with Gasteiger partial charge in [-0.3, -0.25) is 4.79 Å². The van der Waals surface area contributed by atoms with E-state index < -0.39 is 23.7 Å². The second kappa shape index (κ2) is 5.18. The van der Waals surface area contributed by atoms with Gasteiger partial charge in [-0.2, -0.15) is 13.2 Å². The molecule has 0 saturated carbocycles. The summed E-state index contributed by atoms with van der Waals surface area (Å²) in [4.78, 5) is 10.7. The van der Waals surface area contributed by atoms with E-state index >= 15 is 0 Å². The van der Waals surface area contributed by atoms with Crippen LogP contribution in [0.1, 0.15) is 18.1 Å². The van der Waals surface area contributed by atoms with Crippen LogP contribution in [0.3, 0.4) is 0 Å². The number of alkyl halides is 3. The third-order valence-electron chi connectivity index (χ3n) is 2.32. The molecule has 0 aliphatic rings. The number of carbonyl (C=O) groups excluding carboxylic acids is 1. The summed E-state index contributed by atoms with van der Waals surface area (Å²) >= 11 is 0. The van der Waals surface area contributed by atoms with Crippen LogP contribution in [0.2, 0.25) is 0 Å². The van der Waals surface area contributed by atoms with Crippen molar-refractivity contribution < 1.29 is 18.0 Å². The molecule has 3 N–H and O–H groups in total. The Hall–Kier alpha value is -1.56. The molecule has 0 spiro atoms. The highest BCUT2D eigenvalue weighted by Crippen LogP contribution is 2.28. The van der Waals surface area contributed by atoms with E-state index in [1.807, 2.05) is 0 Å². The predicted molar refractivity (Wildman–Crippen MR) is 56.9 cm³/mol. The molecule has 0 aromatic heterocycles. The summed E-state index contributed by atoms with van der Waals surface area (Å²) in [5, 5.41) is 2.80. The number of amides is 1. The summed E-state index contributed by atoms with van der Waals surface area (Å²) < 4.78 is 36.8. The molecule has 3 nitrogen and oxygen atoms in total. The maximum atomic E-state index is 12.3. The molecule has 1 rings (SSSR count). The first-order chi connectivity index (χ1) is 7.80. The molecule has 0 saturated heterocycles. The maximum absolute atomic E-state index is 12.3. The molecule has 17 heavy (non-hydrogen) atoms. The smallest absolute Gasteiger partial charge is 0.368 e. The number of benzene rings is 1. The Balaban J connectivity index is 2.60. The van der Waals surface area contributed by atoms with E-state index in [9.17, 15) is 18.0 Å². The van der Waals surface area contributed by atoms with Crippen molar-refractivity contribution in [2.24, 2.45) is 5.73 Å².